The molecule has 8 heteroatoms. The maximum absolute atomic E-state index is 12.5. The quantitative estimate of drug-likeness (QED) is 0.617. The van der Waals surface area contributed by atoms with Gasteiger partial charge < -0.3 is 20.6 Å². The van der Waals surface area contributed by atoms with Crippen LogP contribution in [0.2, 0.25) is 0 Å². The summed E-state index contributed by atoms with van der Waals surface area (Å²) in [6.45, 7) is 1.86. The highest BCUT2D eigenvalue weighted by Crippen LogP contribution is 2.20. The molecule has 0 aromatic heterocycles. The first-order valence-electron chi connectivity index (χ1n) is 8.72. The highest BCUT2D eigenvalue weighted by molar-refractivity contribution is 6.18. The third-order valence-electron chi connectivity index (χ3n) is 4.60. The third kappa shape index (κ3) is 5.25. The molecule has 1 aromatic carbocycles. The lowest BCUT2D eigenvalue weighted by Gasteiger charge is -2.25. The molecule has 1 aliphatic rings. The number of hydrogen-bond acceptors (Lipinski definition) is 4. The van der Waals surface area contributed by atoms with E-state index in [4.69, 9.17) is 28.9 Å². The van der Waals surface area contributed by atoms with Crippen molar-refractivity contribution in [3.63, 3.8) is 0 Å². The second-order valence-electron chi connectivity index (χ2n) is 6.37. The number of amides is 1. The SMILES string of the molecule is N[C@@H](Cc1ccc(N(CCCl)CCCl)cc1)C(=O)N1CCC[C@@H]1C(=O)O. The molecule has 144 valence electrons. The van der Waals surface area contributed by atoms with Crippen LogP contribution < -0.4 is 10.6 Å². The van der Waals surface area contributed by atoms with E-state index in [9.17, 15) is 14.7 Å². The van der Waals surface area contributed by atoms with Crippen LogP contribution in [0.25, 0.3) is 0 Å². The largest absolute Gasteiger partial charge is 0.480 e. The number of benzene rings is 1. The number of alkyl halides is 2. The zero-order valence-corrected chi connectivity index (χ0v) is 16.1. The van der Waals surface area contributed by atoms with Gasteiger partial charge in [-0.1, -0.05) is 12.1 Å². The van der Waals surface area contributed by atoms with Gasteiger partial charge in [-0.05, 0) is 37.0 Å². The van der Waals surface area contributed by atoms with Crippen LogP contribution in [-0.4, -0.2) is 65.4 Å². The van der Waals surface area contributed by atoms with Gasteiger partial charge in [0.1, 0.15) is 6.04 Å². The standard InChI is InChI=1S/C18H25Cl2N3O3/c19-7-10-22(11-8-20)14-5-3-13(4-6-14)12-15(21)17(24)23-9-1-2-16(23)18(25)26/h3-6,15-16H,1-2,7-12,21H2,(H,25,26)/t15-,16+/m0/s1. The highest BCUT2D eigenvalue weighted by Gasteiger charge is 2.35. The Hall–Kier alpha value is -1.50. The van der Waals surface area contributed by atoms with Crippen molar-refractivity contribution < 1.29 is 14.7 Å². The molecule has 1 saturated heterocycles. The summed E-state index contributed by atoms with van der Waals surface area (Å²) in [6.07, 6.45) is 1.55. The maximum Gasteiger partial charge on any atom is 0.326 e. The predicted octanol–water partition coefficient (Wildman–Crippen LogP) is 1.92. The van der Waals surface area contributed by atoms with Gasteiger partial charge in [0.15, 0.2) is 0 Å². The summed E-state index contributed by atoms with van der Waals surface area (Å²) in [5.74, 6) is -0.243. The normalized spacial score (nSPS) is 18.0. The van der Waals surface area contributed by atoms with Crippen LogP contribution in [0.4, 0.5) is 5.69 Å². The summed E-state index contributed by atoms with van der Waals surface area (Å²) in [5.41, 5.74) is 8.00. The molecular weight excluding hydrogens is 377 g/mol. The molecule has 1 aromatic rings. The van der Waals surface area contributed by atoms with Gasteiger partial charge in [0.25, 0.3) is 0 Å². The van der Waals surface area contributed by atoms with E-state index in [1.165, 1.54) is 4.90 Å². The Bertz CT molecular complexity index is 606. The first kappa shape index (κ1) is 20.8. The monoisotopic (exact) mass is 401 g/mol. The smallest absolute Gasteiger partial charge is 0.326 e. The highest BCUT2D eigenvalue weighted by atomic mass is 35.5. The summed E-state index contributed by atoms with van der Waals surface area (Å²) in [6, 6.07) is 6.27. The summed E-state index contributed by atoms with van der Waals surface area (Å²) in [7, 11) is 0. The number of halogens is 2. The van der Waals surface area contributed by atoms with Crippen LogP contribution in [-0.2, 0) is 16.0 Å². The number of likely N-dealkylation sites (tertiary alicyclic amines) is 1. The molecular formula is C18H25Cl2N3O3. The van der Waals surface area contributed by atoms with Gasteiger partial charge in [-0.15, -0.1) is 23.2 Å². The minimum Gasteiger partial charge on any atom is -0.480 e. The fraction of sp³-hybridized carbons (Fsp3) is 0.556. The molecule has 0 aliphatic carbocycles. The molecule has 6 nitrogen and oxygen atoms in total. The summed E-state index contributed by atoms with van der Waals surface area (Å²) in [4.78, 5) is 27.2. The van der Waals surface area contributed by atoms with E-state index in [0.29, 0.717) is 50.7 Å². The van der Waals surface area contributed by atoms with Gasteiger partial charge in [-0.2, -0.15) is 0 Å². The lowest BCUT2D eigenvalue weighted by Crippen LogP contribution is -2.49. The molecule has 0 saturated carbocycles. The van der Waals surface area contributed by atoms with Crippen molar-refractivity contribution in [3.05, 3.63) is 29.8 Å². The Morgan fingerprint density at radius 1 is 1.23 bits per heavy atom. The van der Waals surface area contributed by atoms with E-state index in [1.54, 1.807) is 0 Å². The first-order chi connectivity index (χ1) is 12.5. The van der Waals surface area contributed by atoms with E-state index in [0.717, 1.165) is 11.3 Å². The molecule has 0 radical (unpaired) electrons. The number of anilines is 1. The van der Waals surface area contributed by atoms with Crippen LogP contribution in [0, 0.1) is 0 Å². The Labute approximate surface area is 163 Å². The van der Waals surface area contributed by atoms with Crippen LogP contribution in [0.3, 0.4) is 0 Å². The lowest BCUT2D eigenvalue weighted by atomic mass is 10.0. The van der Waals surface area contributed by atoms with E-state index in [2.05, 4.69) is 4.90 Å². The molecule has 1 aliphatic heterocycles. The second kappa shape index (κ2) is 10.00. The molecule has 2 rings (SSSR count). The van der Waals surface area contributed by atoms with Gasteiger partial charge in [0.05, 0.1) is 6.04 Å². The minimum atomic E-state index is -0.967. The van der Waals surface area contributed by atoms with Crippen molar-refractivity contribution in [2.24, 2.45) is 5.73 Å². The number of carboxylic acids is 1. The average molecular weight is 402 g/mol. The van der Waals surface area contributed by atoms with Gasteiger partial charge in [-0.25, -0.2) is 4.79 Å². The van der Waals surface area contributed by atoms with Crippen molar-refractivity contribution in [1.29, 1.82) is 0 Å². The van der Waals surface area contributed by atoms with Gasteiger partial charge in [-0.3, -0.25) is 4.79 Å². The van der Waals surface area contributed by atoms with Crippen molar-refractivity contribution in [1.82, 2.24) is 4.90 Å². The van der Waals surface area contributed by atoms with Gasteiger partial charge in [0, 0.05) is 37.1 Å². The zero-order chi connectivity index (χ0) is 19.1. The average Bonchev–Trinajstić information content (AvgIpc) is 3.11. The lowest BCUT2D eigenvalue weighted by molar-refractivity contribution is -0.148. The fourth-order valence-electron chi connectivity index (χ4n) is 3.26. The third-order valence-corrected chi connectivity index (χ3v) is 4.94. The molecule has 0 bridgehead atoms. The van der Waals surface area contributed by atoms with Crippen molar-refractivity contribution in [2.45, 2.75) is 31.3 Å². The molecule has 0 spiro atoms. The number of carbonyl (C=O) groups is 2. The van der Waals surface area contributed by atoms with E-state index < -0.39 is 18.1 Å². The molecule has 1 heterocycles. The number of nitrogens with two attached hydrogens (primary N) is 1. The number of hydrogen-bond donors (Lipinski definition) is 2. The second-order valence-corrected chi connectivity index (χ2v) is 7.13. The summed E-state index contributed by atoms with van der Waals surface area (Å²) < 4.78 is 0. The topological polar surface area (TPSA) is 86.9 Å². The van der Waals surface area contributed by atoms with Crippen molar-refractivity contribution in [3.8, 4) is 0 Å². The Morgan fingerprint density at radius 3 is 2.38 bits per heavy atom. The van der Waals surface area contributed by atoms with Crippen molar-refractivity contribution >= 4 is 40.8 Å². The molecule has 1 fully saturated rings. The molecule has 3 N–H and O–H groups in total. The predicted molar refractivity (Wildman–Crippen MR) is 104 cm³/mol. The number of carboxylic acid groups (broad SMARTS) is 1. The molecule has 1 amide bonds. The molecule has 2 atom stereocenters. The van der Waals surface area contributed by atoms with Crippen LogP contribution in [0.1, 0.15) is 18.4 Å². The molecule has 0 unspecified atom stereocenters. The van der Waals surface area contributed by atoms with Crippen molar-refractivity contribution in [2.75, 3.05) is 36.3 Å². The number of carbonyl (C=O) groups excluding carboxylic acids is 1. The first-order valence-corrected chi connectivity index (χ1v) is 9.79. The van der Waals surface area contributed by atoms with Gasteiger partial charge >= 0.3 is 5.97 Å². The van der Waals surface area contributed by atoms with E-state index >= 15 is 0 Å². The minimum absolute atomic E-state index is 0.301. The van der Waals surface area contributed by atoms with Crippen LogP contribution >= 0.6 is 23.2 Å². The Morgan fingerprint density at radius 2 is 1.85 bits per heavy atom. The number of nitrogens with zero attached hydrogens (tertiary/aromatic N) is 2. The van der Waals surface area contributed by atoms with E-state index in [-0.39, 0.29) is 5.91 Å². The van der Waals surface area contributed by atoms with Crippen LogP contribution in [0.15, 0.2) is 24.3 Å². The zero-order valence-electron chi connectivity index (χ0n) is 14.6. The summed E-state index contributed by atoms with van der Waals surface area (Å²) in [5, 5.41) is 9.22. The van der Waals surface area contributed by atoms with Crippen LogP contribution in [0.5, 0.6) is 0 Å². The van der Waals surface area contributed by atoms with E-state index in [1.807, 2.05) is 24.3 Å². The maximum atomic E-state index is 12.5. The number of aliphatic carboxylic acids is 1. The fourth-order valence-corrected chi connectivity index (χ4v) is 3.67. The Kier molecular flexibility index (Phi) is 8.00. The Balaban J connectivity index is 1.99. The number of rotatable bonds is 9. The summed E-state index contributed by atoms with van der Waals surface area (Å²) >= 11 is 11.7. The van der Waals surface area contributed by atoms with Gasteiger partial charge in [0.2, 0.25) is 5.91 Å². The molecule has 26 heavy (non-hydrogen) atoms.